The molecule has 1 aliphatic heterocycles. The number of carbonyl (C=O) groups excluding carboxylic acids is 1. The maximum atomic E-state index is 12.4. The Morgan fingerprint density at radius 3 is 2.47 bits per heavy atom. The second kappa shape index (κ2) is 6.25. The Morgan fingerprint density at radius 1 is 1.11 bits per heavy atom. The van der Waals surface area contributed by atoms with Crippen LogP contribution in [0, 0.1) is 17.3 Å². The molecule has 0 radical (unpaired) electrons. The third-order valence-electron chi connectivity index (χ3n) is 4.87. The molecule has 1 saturated carbocycles. The Balaban J connectivity index is 1.93. The molecule has 1 heterocycles. The van der Waals surface area contributed by atoms with Crippen LogP contribution in [0.4, 0.5) is 0 Å². The predicted molar refractivity (Wildman–Crippen MR) is 78.9 cm³/mol. The summed E-state index contributed by atoms with van der Waals surface area (Å²) >= 11 is 0. The molecule has 2 fully saturated rings. The highest BCUT2D eigenvalue weighted by Gasteiger charge is 2.35. The summed E-state index contributed by atoms with van der Waals surface area (Å²) in [7, 11) is 0. The SMILES string of the molecule is CC(C)(C)C1CCCCC1NC(=O)C1CCCNC1. The van der Waals surface area contributed by atoms with Crippen molar-refractivity contribution in [1.82, 2.24) is 10.6 Å². The molecule has 2 aliphatic rings. The topological polar surface area (TPSA) is 41.1 Å². The fourth-order valence-corrected chi connectivity index (χ4v) is 3.72. The van der Waals surface area contributed by atoms with Gasteiger partial charge in [0.2, 0.25) is 5.91 Å². The zero-order chi connectivity index (χ0) is 13.9. The molecular weight excluding hydrogens is 236 g/mol. The third kappa shape index (κ3) is 3.95. The lowest BCUT2D eigenvalue weighted by molar-refractivity contribution is -0.127. The van der Waals surface area contributed by atoms with Crippen molar-refractivity contribution in [2.24, 2.45) is 17.3 Å². The Labute approximate surface area is 117 Å². The molecule has 0 aromatic carbocycles. The standard InChI is InChI=1S/C16H30N2O/c1-16(2,3)13-8-4-5-9-14(13)18-15(19)12-7-6-10-17-11-12/h12-14,17H,4-11H2,1-3H3,(H,18,19). The van der Waals surface area contributed by atoms with Crippen LogP contribution in [0.25, 0.3) is 0 Å². The van der Waals surface area contributed by atoms with Gasteiger partial charge in [0.15, 0.2) is 0 Å². The van der Waals surface area contributed by atoms with Gasteiger partial charge in [-0.2, -0.15) is 0 Å². The molecule has 1 saturated heterocycles. The maximum Gasteiger partial charge on any atom is 0.224 e. The molecule has 3 nitrogen and oxygen atoms in total. The monoisotopic (exact) mass is 266 g/mol. The van der Waals surface area contributed by atoms with Crippen molar-refractivity contribution in [3.8, 4) is 0 Å². The molecule has 2 N–H and O–H groups in total. The van der Waals surface area contributed by atoms with Crippen molar-refractivity contribution in [3.63, 3.8) is 0 Å². The lowest BCUT2D eigenvalue weighted by atomic mass is 9.69. The van der Waals surface area contributed by atoms with E-state index < -0.39 is 0 Å². The molecule has 0 aromatic rings. The Morgan fingerprint density at radius 2 is 1.84 bits per heavy atom. The van der Waals surface area contributed by atoms with Gasteiger partial charge in [0.25, 0.3) is 0 Å². The van der Waals surface area contributed by atoms with Crippen LogP contribution in [-0.2, 0) is 4.79 Å². The molecule has 3 heteroatoms. The smallest absolute Gasteiger partial charge is 0.224 e. The van der Waals surface area contributed by atoms with Crippen molar-refractivity contribution in [1.29, 1.82) is 0 Å². The normalized spacial score (nSPS) is 32.9. The van der Waals surface area contributed by atoms with Gasteiger partial charge in [0.05, 0.1) is 5.92 Å². The maximum absolute atomic E-state index is 12.4. The molecule has 1 amide bonds. The van der Waals surface area contributed by atoms with Gasteiger partial charge in [0.1, 0.15) is 0 Å². The van der Waals surface area contributed by atoms with E-state index in [0.717, 1.165) is 32.4 Å². The van der Waals surface area contributed by atoms with Crippen LogP contribution in [0.3, 0.4) is 0 Å². The van der Waals surface area contributed by atoms with Gasteiger partial charge in [-0.3, -0.25) is 4.79 Å². The largest absolute Gasteiger partial charge is 0.353 e. The van der Waals surface area contributed by atoms with E-state index in [9.17, 15) is 4.79 Å². The van der Waals surface area contributed by atoms with Crippen LogP contribution < -0.4 is 10.6 Å². The summed E-state index contributed by atoms with van der Waals surface area (Å²) in [5, 5.41) is 6.70. The average Bonchev–Trinajstić information content (AvgIpc) is 2.39. The highest BCUT2D eigenvalue weighted by Crippen LogP contribution is 2.38. The molecule has 0 aromatic heterocycles. The van der Waals surface area contributed by atoms with Crippen LogP contribution in [0.2, 0.25) is 0 Å². The first-order chi connectivity index (χ1) is 8.98. The summed E-state index contributed by atoms with van der Waals surface area (Å²) in [6.07, 6.45) is 7.18. The molecule has 1 aliphatic carbocycles. The average molecular weight is 266 g/mol. The Kier molecular flexibility index (Phi) is 4.88. The molecular formula is C16H30N2O. The molecule has 3 atom stereocenters. The first-order valence-corrected chi connectivity index (χ1v) is 7.99. The number of piperidine rings is 1. The van der Waals surface area contributed by atoms with Gasteiger partial charge >= 0.3 is 0 Å². The van der Waals surface area contributed by atoms with Crippen molar-refractivity contribution in [2.45, 2.75) is 65.3 Å². The van der Waals surface area contributed by atoms with E-state index in [1.54, 1.807) is 0 Å². The molecule has 110 valence electrons. The molecule has 19 heavy (non-hydrogen) atoms. The van der Waals surface area contributed by atoms with Gasteiger partial charge in [-0.1, -0.05) is 33.6 Å². The van der Waals surface area contributed by atoms with Gasteiger partial charge < -0.3 is 10.6 Å². The number of rotatable bonds is 2. The number of nitrogens with one attached hydrogen (secondary N) is 2. The zero-order valence-electron chi connectivity index (χ0n) is 12.8. The van der Waals surface area contributed by atoms with Crippen LogP contribution in [0.5, 0.6) is 0 Å². The summed E-state index contributed by atoms with van der Waals surface area (Å²) in [5.41, 5.74) is 0.295. The highest BCUT2D eigenvalue weighted by molar-refractivity contribution is 5.79. The Hall–Kier alpha value is -0.570. The molecule has 0 bridgehead atoms. The number of hydrogen-bond acceptors (Lipinski definition) is 2. The minimum absolute atomic E-state index is 0.191. The van der Waals surface area contributed by atoms with E-state index >= 15 is 0 Å². The first kappa shape index (κ1) is 14.8. The zero-order valence-corrected chi connectivity index (χ0v) is 12.8. The lowest BCUT2D eigenvalue weighted by Crippen LogP contribution is -2.50. The summed E-state index contributed by atoms with van der Waals surface area (Å²) in [6, 6.07) is 0.392. The van der Waals surface area contributed by atoms with Gasteiger partial charge in [-0.05, 0) is 43.6 Å². The summed E-state index contributed by atoms with van der Waals surface area (Å²) in [4.78, 5) is 12.4. The van der Waals surface area contributed by atoms with Crippen LogP contribution >= 0.6 is 0 Å². The van der Waals surface area contributed by atoms with Crippen molar-refractivity contribution >= 4 is 5.91 Å². The summed E-state index contributed by atoms with van der Waals surface area (Å²) in [6.45, 7) is 8.86. The second-order valence-electron chi connectivity index (χ2n) is 7.42. The number of amides is 1. The highest BCUT2D eigenvalue weighted by atomic mass is 16.2. The number of hydrogen-bond donors (Lipinski definition) is 2. The second-order valence-corrected chi connectivity index (χ2v) is 7.42. The predicted octanol–water partition coefficient (Wildman–Crippen LogP) is 2.71. The fourth-order valence-electron chi connectivity index (χ4n) is 3.72. The quantitative estimate of drug-likeness (QED) is 0.807. The first-order valence-electron chi connectivity index (χ1n) is 7.99. The van der Waals surface area contributed by atoms with Crippen LogP contribution in [0.15, 0.2) is 0 Å². The number of carbonyl (C=O) groups is 1. The lowest BCUT2D eigenvalue weighted by Gasteiger charge is -2.41. The molecule has 2 rings (SSSR count). The molecule has 0 spiro atoms. The van der Waals surface area contributed by atoms with Crippen LogP contribution in [-0.4, -0.2) is 25.0 Å². The van der Waals surface area contributed by atoms with Crippen molar-refractivity contribution < 1.29 is 4.79 Å². The van der Waals surface area contributed by atoms with E-state index in [-0.39, 0.29) is 11.8 Å². The van der Waals surface area contributed by atoms with Gasteiger partial charge in [-0.25, -0.2) is 0 Å². The van der Waals surface area contributed by atoms with Crippen molar-refractivity contribution in [2.75, 3.05) is 13.1 Å². The fraction of sp³-hybridized carbons (Fsp3) is 0.938. The van der Waals surface area contributed by atoms with Crippen LogP contribution in [0.1, 0.15) is 59.3 Å². The van der Waals surface area contributed by atoms with E-state index in [4.69, 9.17) is 0 Å². The summed E-state index contributed by atoms with van der Waals surface area (Å²) < 4.78 is 0. The third-order valence-corrected chi connectivity index (χ3v) is 4.87. The van der Waals surface area contributed by atoms with E-state index in [2.05, 4.69) is 31.4 Å². The van der Waals surface area contributed by atoms with E-state index in [1.165, 1.54) is 19.3 Å². The van der Waals surface area contributed by atoms with E-state index in [0.29, 0.717) is 17.4 Å². The Bertz CT molecular complexity index is 302. The van der Waals surface area contributed by atoms with E-state index in [1.807, 2.05) is 0 Å². The van der Waals surface area contributed by atoms with Gasteiger partial charge in [0, 0.05) is 12.6 Å². The minimum Gasteiger partial charge on any atom is -0.353 e. The van der Waals surface area contributed by atoms with Crippen molar-refractivity contribution in [3.05, 3.63) is 0 Å². The molecule has 3 unspecified atom stereocenters. The minimum atomic E-state index is 0.191. The summed E-state index contributed by atoms with van der Waals surface area (Å²) in [5.74, 6) is 1.10. The van der Waals surface area contributed by atoms with Gasteiger partial charge in [-0.15, -0.1) is 0 Å².